The fraction of sp³-hybridized carbons (Fsp3) is 0.316. The summed E-state index contributed by atoms with van der Waals surface area (Å²) in [6.07, 6.45) is 2.15. The van der Waals surface area contributed by atoms with Crippen LogP contribution in [0.25, 0.3) is 0 Å². The van der Waals surface area contributed by atoms with Crippen molar-refractivity contribution in [1.82, 2.24) is 0 Å². The average molecular weight is 311 g/mol. The second-order valence-electron chi connectivity index (χ2n) is 5.62. The Labute approximate surface area is 136 Å². The fourth-order valence-electron chi connectivity index (χ4n) is 2.82. The molecule has 4 nitrogen and oxygen atoms in total. The molecular formula is C19H21NO3. The van der Waals surface area contributed by atoms with Gasteiger partial charge in [-0.3, -0.25) is 4.79 Å². The van der Waals surface area contributed by atoms with Crippen LogP contribution in [0.3, 0.4) is 0 Å². The molecule has 1 unspecified atom stereocenters. The minimum Gasteiger partial charge on any atom is -0.497 e. The normalized spacial score (nSPS) is 17.0. The van der Waals surface area contributed by atoms with Gasteiger partial charge in [0.2, 0.25) is 0 Å². The van der Waals surface area contributed by atoms with Gasteiger partial charge in [0, 0.05) is 17.9 Å². The van der Waals surface area contributed by atoms with Gasteiger partial charge in [0.25, 0.3) is 5.91 Å². The van der Waals surface area contributed by atoms with Crippen LogP contribution in [0.15, 0.2) is 54.6 Å². The number of rotatable bonds is 5. The molecule has 1 amide bonds. The summed E-state index contributed by atoms with van der Waals surface area (Å²) in [6.45, 7) is 1.35. The maximum Gasteiger partial charge on any atom is 0.258 e. The van der Waals surface area contributed by atoms with Gasteiger partial charge in [0.15, 0.2) is 0 Å². The van der Waals surface area contributed by atoms with Crippen LogP contribution in [0, 0.1) is 0 Å². The van der Waals surface area contributed by atoms with Crippen LogP contribution < -0.4 is 9.64 Å². The summed E-state index contributed by atoms with van der Waals surface area (Å²) >= 11 is 0. The largest absolute Gasteiger partial charge is 0.497 e. The predicted octanol–water partition coefficient (Wildman–Crippen LogP) is 3.52. The van der Waals surface area contributed by atoms with Gasteiger partial charge in [-0.25, -0.2) is 0 Å². The lowest BCUT2D eigenvalue weighted by molar-refractivity contribution is 0.0917. The van der Waals surface area contributed by atoms with E-state index < -0.39 is 0 Å². The standard InChI is InChI=1S/C19H21NO3/c1-22-17-10-5-7-15(13-17)19(21)20(14-18-11-6-12-23-18)16-8-3-2-4-9-16/h2-5,7-10,13,18H,6,11-12,14H2,1H3. The Morgan fingerprint density at radius 3 is 2.74 bits per heavy atom. The number of nitrogens with zero attached hydrogens (tertiary/aromatic N) is 1. The van der Waals surface area contributed by atoms with E-state index in [2.05, 4.69) is 0 Å². The highest BCUT2D eigenvalue weighted by atomic mass is 16.5. The van der Waals surface area contributed by atoms with Crippen LogP contribution in [0.4, 0.5) is 5.69 Å². The number of methoxy groups -OCH3 is 1. The molecule has 2 aromatic carbocycles. The highest BCUT2D eigenvalue weighted by Crippen LogP contribution is 2.22. The van der Waals surface area contributed by atoms with Crippen LogP contribution in [-0.2, 0) is 4.74 Å². The third-order valence-corrected chi connectivity index (χ3v) is 4.04. The van der Waals surface area contributed by atoms with E-state index in [9.17, 15) is 4.79 Å². The second kappa shape index (κ2) is 7.29. The number of ether oxygens (including phenoxy) is 2. The molecule has 0 bridgehead atoms. The molecule has 1 atom stereocenters. The summed E-state index contributed by atoms with van der Waals surface area (Å²) < 4.78 is 10.9. The first-order valence-electron chi connectivity index (χ1n) is 7.90. The van der Waals surface area contributed by atoms with Crippen molar-refractivity contribution in [3.63, 3.8) is 0 Å². The van der Waals surface area contributed by atoms with Gasteiger partial charge in [-0.05, 0) is 43.2 Å². The van der Waals surface area contributed by atoms with Gasteiger partial charge in [-0.15, -0.1) is 0 Å². The quantitative estimate of drug-likeness (QED) is 0.848. The zero-order chi connectivity index (χ0) is 16.1. The molecule has 0 aliphatic carbocycles. The number of carbonyl (C=O) groups is 1. The molecule has 0 spiro atoms. The monoisotopic (exact) mass is 311 g/mol. The van der Waals surface area contributed by atoms with Gasteiger partial charge in [-0.2, -0.15) is 0 Å². The number of anilines is 1. The lowest BCUT2D eigenvalue weighted by Gasteiger charge is -2.26. The molecule has 2 aromatic rings. The van der Waals surface area contributed by atoms with E-state index >= 15 is 0 Å². The van der Waals surface area contributed by atoms with Crippen molar-refractivity contribution in [2.24, 2.45) is 0 Å². The molecule has 4 heteroatoms. The number of amides is 1. The number of para-hydroxylation sites is 1. The number of benzene rings is 2. The van der Waals surface area contributed by atoms with E-state index in [4.69, 9.17) is 9.47 Å². The van der Waals surface area contributed by atoms with Crippen LogP contribution in [-0.4, -0.2) is 32.3 Å². The summed E-state index contributed by atoms with van der Waals surface area (Å²) in [5.41, 5.74) is 1.50. The van der Waals surface area contributed by atoms with Crippen LogP contribution in [0.2, 0.25) is 0 Å². The summed E-state index contributed by atoms with van der Waals surface area (Å²) in [6, 6.07) is 17.0. The minimum atomic E-state index is -0.0365. The Bertz CT molecular complexity index is 651. The van der Waals surface area contributed by atoms with E-state index in [1.165, 1.54) is 0 Å². The first-order chi connectivity index (χ1) is 11.3. The smallest absolute Gasteiger partial charge is 0.258 e. The Morgan fingerprint density at radius 2 is 2.04 bits per heavy atom. The molecule has 1 heterocycles. The second-order valence-corrected chi connectivity index (χ2v) is 5.62. The molecule has 1 saturated heterocycles. The van der Waals surface area contributed by atoms with Crippen LogP contribution >= 0.6 is 0 Å². The maximum atomic E-state index is 13.0. The molecule has 0 saturated carbocycles. The average Bonchev–Trinajstić information content (AvgIpc) is 3.13. The third-order valence-electron chi connectivity index (χ3n) is 4.04. The van der Waals surface area contributed by atoms with Crippen molar-refractivity contribution < 1.29 is 14.3 Å². The van der Waals surface area contributed by atoms with Crippen molar-refractivity contribution in [2.45, 2.75) is 18.9 Å². The maximum absolute atomic E-state index is 13.0. The summed E-state index contributed by atoms with van der Waals surface area (Å²) in [7, 11) is 1.60. The highest BCUT2D eigenvalue weighted by Gasteiger charge is 2.24. The van der Waals surface area contributed by atoms with Gasteiger partial charge in [0.1, 0.15) is 5.75 Å². The van der Waals surface area contributed by atoms with Crippen molar-refractivity contribution in [1.29, 1.82) is 0 Å². The molecule has 1 fully saturated rings. The van der Waals surface area contributed by atoms with Gasteiger partial charge >= 0.3 is 0 Å². The third kappa shape index (κ3) is 3.71. The highest BCUT2D eigenvalue weighted by molar-refractivity contribution is 6.06. The van der Waals surface area contributed by atoms with E-state index in [1.54, 1.807) is 18.1 Å². The fourth-order valence-corrected chi connectivity index (χ4v) is 2.82. The van der Waals surface area contributed by atoms with E-state index in [0.29, 0.717) is 17.9 Å². The summed E-state index contributed by atoms with van der Waals surface area (Å²) in [4.78, 5) is 14.8. The molecule has 120 valence electrons. The van der Waals surface area contributed by atoms with Gasteiger partial charge < -0.3 is 14.4 Å². The topological polar surface area (TPSA) is 38.8 Å². The lowest BCUT2D eigenvalue weighted by Crippen LogP contribution is -2.37. The van der Waals surface area contributed by atoms with E-state index in [1.807, 2.05) is 48.5 Å². The molecule has 1 aliphatic rings. The van der Waals surface area contributed by atoms with Gasteiger partial charge in [0.05, 0.1) is 19.8 Å². The number of hydrogen-bond acceptors (Lipinski definition) is 3. The minimum absolute atomic E-state index is 0.0365. The van der Waals surface area contributed by atoms with E-state index in [0.717, 1.165) is 25.1 Å². The SMILES string of the molecule is COc1cccc(C(=O)N(CC2CCCO2)c2ccccc2)c1. The molecular weight excluding hydrogens is 290 g/mol. The summed E-state index contributed by atoms with van der Waals surface area (Å²) in [5.74, 6) is 0.645. The molecule has 3 rings (SSSR count). The first-order valence-corrected chi connectivity index (χ1v) is 7.90. The molecule has 0 N–H and O–H groups in total. The Hall–Kier alpha value is -2.33. The number of carbonyl (C=O) groups excluding carboxylic acids is 1. The Balaban J connectivity index is 1.88. The zero-order valence-electron chi connectivity index (χ0n) is 13.3. The van der Waals surface area contributed by atoms with Crippen molar-refractivity contribution in [2.75, 3.05) is 25.2 Å². The van der Waals surface area contributed by atoms with Crippen molar-refractivity contribution >= 4 is 11.6 Å². The van der Waals surface area contributed by atoms with Crippen LogP contribution in [0.5, 0.6) is 5.75 Å². The zero-order valence-corrected chi connectivity index (χ0v) is 13.3. The lowest BCUT2D eigenvalue weighted by atomic mass is 10.1. The van der Waals surface area contributed by atoms with Gasteiger partial charge in [-0.1, -0.05) is 24.3 Å². The molecule has 23 heavy (non-hydrogen) atoms. The molecule has 0 radical (unpaired) electrons. The Morgan fingerprint density at radius 1 is 1.22 bits per heavy atom. The number of hydrogen-bond donors (Lipinski definition) is 0. The van der Waals surface area contributed by atoms with E-state index in [-0.39, 0.29) is 12.0 Å². The first kappa shape index (κ1) is 15.6. The molecule has 0 aromatic heterocycles. The van der Waals surface area contributed by atoms with Crippen molar-refractivity contribution in [3.05, 3.63) is 60.2 Å². The predicted molar refractivity (Wildman–Crippen MR) is 90.1 cm³/mol. The van der Waals surface area contributed by atoms with Crippen LogP contribution in [0.1, 0.15) is 23.2 Å². The molecule has 1 aliphatic heterocycles. The Kier molecular flexibility index (Phi) is 4.93. The summed E-state index contributed by atoms with van der Waals surface area (Å²) in [5, 5.41) is 0. The van der Waals surface area contributed by atoms with Crippen molar-refractivity contribution in [3.8, 4) is 5.75 Å².